The molecule has 1 atom stereocenters. The zero-order valence-electron chi connectivity index (χ0n) is 11.6. The van der Waals surface area contributed by atoms with Gasteiger partial charge in [0.1, 0.15) is 0 Å². The molecule has 2 heteroatoms. The molecule has 0 radical (unpaired) electrons. The minimum absolute atomic E-state index is 0.139. The number of aromatic nitrogens is 1. The van der Waals surface area contributed by atoms with Gasteiger partial charge in [0.2, 0.25) is 0 Å². The molecule has 2 nitrogen and oxygen atoms in total. The summed E-state index contributed by atoms with van der Waals surface area (Å²) < 4.78 is 0. The number of hydrogen-bond donors (Lipinski definition) is 1. The molecule has 20 heavy (non-hydrogen) atoms. The molecule has 0 bridgehead atoms. The fourth-order valence-electron chi connectivity index (χ4n) is 2.53. The Balaban J connectivity index is 2.05. The van der Waals surface area contributed by atoms with Crippen LogP contribution in [-0.4, -0.2) is 4.98 Å². The van der Waals surface area contributed by atoms with E-state index in [1.807, 2.05) is 24.5 Å². The number of pyridine rings is 1. The largest absolute Gasteiger partial charge is 0.320 e. The van der Waals surface area contributed by atoms with Crippen LogP contribution in [0.5, 0.6) is 0 Å². The summed E-state index contributed by atoms with van der Waals surface area (Å²) >= 11 is 0. The van der Waals surface area contributed by atoms with Crippen LogP contribution < -0.4 is 5.73 Å². The summed E-state index contributed by atoms with van der Waals surface area (Å²) in [5, 5.41) is 2.31. The topological polar surface area (TPSA) is 38.9 Å². The summed E-state index contributed by atoms with van der Waals surface area (Å²) in [4.78, 5) is 4.31. The number of hydrogen-bond acceptors (Lipinski definition) is 2. The lowest BCUT2D eigenvalue weighted by Crippen LogP contribution is -2.12. The van der Waals surface area contributed by atoms with Gasteiger partial charge < -0.3 is 5.73 Å². The third kappa shape index (κ3) is 2.30. The van der Waals surface area contributed by atoms with Crippen LogP contribution in [0.1, 0.15) is 29.7 Å². The number of rotatable bonds is 3. The molecule has 0 saturated heterocycles. The van der Waals surface area contributed by atoms with Gasteiger partial charge in [-0.1, -0.05) is 55.5 Å². The van der Waals surface area contributed by atoms with Crippen LogP contribution in [0.25, 0.3) is 10.8 Å². The van der Waals surface area contributed by atoms with E-state index in [-0.39, 0.29) is 6.04 Å². The minimum atomic E-state index is -0.139. The maximum atomic E-state index is 6.43. The van der Waals surface area contributed by atoms with Crippen LogP contribution in [-0.2, 0) is 6.42 Å². The Morgan fingerprint density at radius 1 is 1.00 bits per heavy atom. The van der Waals surface area contributed by atoms with Crippen molar-refractivity contribution in [3.05, 3.63) is 77.6 Å². The van der Waals surface area contributed by atoms with E-state index in [1.165, 1.54) is 10.9 Å². The summed E-state index contributed by atoms with van der Waals surface area (Å²) in [6.07, 6.45) is 4.80. The van der Waals surface area contributed by atoms with Crippen molar-refractivity contribution in [3.8, 4) is 0 Å². The molecule has 0 fully saturated rings. The van der Waals surface area contributed by atoms with Gasteiger partial charge in [-0.2, -0.15) is 0 Å². The van der Waals surface area contributed by atoms with Crippen molar-refractivity contribution in [2.45, 2.75) is 19.4 Å². The summed E-state index contributed by atoms with van der Waals surface area (Å²) in [7, 11) is 0. The van der Waals surface area contributed by atoms with E-state index in [0.29, 0.717) is 0 Å². The standard InChI is InChI=1S/C18H18N2/c1-2-13-7-9-14(10-8-13)18(19)17-12-20-11-15-5-3-4-6-16(15)17/h3-12,18H,2,19H2,1H3. The number of nitrogens with zero attached hydrogens (tertiary/aromatic N) is 1. The Morgan fingerprint density at radius 2 is 1.75 bits per heavy atom. The van der Waals surface area contributed by atoms with Crippen molar-refractivity contribution in [2.24, 2.45) is 5.73 Å². The Hall–Kier alpha value is -2.19. The Labute approximate surface area is 119 Å². The van der Waals surface area contributed by atoms with E-state index < -0.39 is 0 Å². The monoisotopic (exact) mass is 262 g/mol. The van der Waals surface area contributed by atoms with Crippen molar-refractivity contribution in [1.82, 2.24) is 4.98 Å². The van der Waals surface area contributed by atoms with Gasteiger partial charge in [-0.3, -0.25) is 4.98 Å². The lowest BCUT2D eigenvalue weighted by molar-refractivity contribution is 0.872. The van der Waals surface area contributed by atoms with Crippen molar-refractivity contribution < 1.29 is 0 Å². The predicted molar refractivity (Wildman–Crippen MR) is 83.6 cm³/mol. The first-order valence-electron chi connectivity index (χ1n) is 6.96. The van der Waals surface area contributed by atoms with Gasteiger partial charge in [-0.15, -0.1) is 0 Å². The molecule has 2 N–H and O–H groups in total. The minimum Gasteiger partial charge on any atom is -0.320 e. The van der Waals surface area contributed by atoms with Crippen molar-refractivity contribution >= 4 is 10.8 Å². The van der Waals surface area contributed by atoms with Gasteiger partial charge in [0.25, 0.3) is 0 Å². The van der Waals surface area contributed by atoms with Crippen LogP contribution in [0.3, 0.4) is 0 Å². The highest BCUT2D eigenvalue weighted by Gasteiger charge is 2.12. The molecule has 100 valence electrons. The molecular formula is C18H18N2. The third-order valence-corrected chi connectivity index (χ3v) is 3.78. The van der Waals surface area contributed by atoms with Crippen molar-refractivity contribution in [2.75, 3.05) is 0 Å². The average molecular weight is 262 g/mol. The lowest BCUT2D eigenvalue weighted by Gasteiger charge is -2.15. The first-order chi connectivity index (χ1) is 9.79. The zero-order valence-corrected chi connectivity index (χ0v) is 11.6. The molecule has 1 aromatic heterocycles. The summed E-state index contributed by atoms with van der Waals surface area (Å²) in [5.74, 6) is 0. The predicted octanol–water partition coefficient (Wildman–Crippen LogP) is 3.85. The molecule has 0 aliphatic carbocycles. The molecule has 0 amide bonds. The van der Waals surface area contributed by atoms with E-state index in [1.54, 1.807) is 0 Å². The smallest absolute Gasteiger partial charge is 0.0573 e. The lowest BCUT2D eigenvalue weighted by atomic mass is 9.95. The van der Waals surface area contributed by atoms with Gasteiger partial charge in [-0.05, 0) is 28.5 Å². The molecule has 2 aromatic carbocycles. The van der Waals surface area contributed by atoms with E-state index in [2.05, 4.69) is 48.3 Å². The van der Waals surface area contributed by atoms with Crippen molar-refractivity contribution in [3.63, 3.8) is 0 Å². The highest BCUT2D eigenvalue weighted by molar-refractivity contribution is 5.85. The Morgan fingerprint density at radius 3 is 2.50 bits per heavy atom. The van der Waals surface area contributed by atoms with Crippen LogP contribution in [0.2, 0.25) is 0 Å². The molecule has 0 saturated carbocycles. The molecule has 1 heterocycles. The van der Waals surface area contributed by atoms with E-state index in [0.717, 1.165) is 22.9 Å². The fourth-order valence-corrected chi connectivity index (χ4v) is 2.53. The zero-order chi connectivity index (χ0) is 13.9. The maximum Gasteiger partial charge on any atom is 0.0573 e. The molecular weight excluding hydrogens is 244 g/mol. The van der Waals surface area contributed by atoms with E-state index >= 15 is 0 Å². The van der Waals surface area contributed by atoms with Gasteiger partial charge in [0.15, 0.2) is 0 Å². The summed E-state index contributed by atoms with van der Waals surface area (Å²) in [6, 6.07) is 16.6. The van der Waals surface area contributed by atoms with Gasteiger partial charge in [-0.25, -0.2) is 0 Å². The molecule has 3 aromatic rings. The quantitative estimate of drug-likeness (QED) is 0.778. The number of benzene rings is 2. The van der Waals surface area contributed by atoms with Gasteiger partial charge in [0, 0.05) is 17.8 Å². The normalized spacial score (nSPS) is 12.5. The highest BCUT2D eigenvalue weighted by Crippen LogP contribution is 2.26. The van der Waals surface area contributed by atoms with E-state index in [4.69, 9.17) is 5.73 Å². The van der Waals surface area contributed by atoms with Gasteiger partial charge in [0.05, 0.1) is 6.04 Å². The Bertz CT molecular complexity index is 712. The summed E-state index contributed by atoms with van der Waals surface area (Å²) in [5.41, 5.74) is 9.97. The van der Waals surface area contributed by atoms with Gasteiger partial charge >= 0.3 is 0 Å². The van der Waals surface area contributed by atoms with Crippen LogP contribution in [0.4, 0.5) is 0 Å². The first-order valence-corrected chi connectivity index (χ1v) is 6.96. The highest BCUT2D eigenvalue weighted by atomic mass is 14.7. The molecule has 0 aliphatic rings. The summed E-state index contributed by atoms with van der Waals surface area (Å²) in [6.45, 7) is 2.16. The first kappa shape index (κ1) is 12.8. The third-order valence-electron chi connectivity index (χ3n) is 3.78. The van der Waals surface area contributed by atoms with Crippen LogP contribution >= 0.6 is 0 Å². The Kier molecular flexibility index (Phi) is 3.48. The molecule has 0 spiro atoms. The number of aryl methyl sites for hydroxylation is 1. The number of fused-ring (bicyclic) bond motifs is 1. The van der Waals surface area contributed by atoms with E-state index in [9.17, 15) is 0 Å². The second-order valence-corrected chi connectivity index (χ2v) is 5.02. The molecule has 1 unspecified atom stereocenters. The van der Waals surface area contributed by atoms with Crippen LogP contribution in [0.15, 0.2) is 60.9 Å². The number of nitrogens with two attached hydrogens (primary N) is 1. The second-order valence-electron chi connectivity index (χ2n) is 5.02. The maximum absolute atomic E-state index is 6.43. The second kappa shape index (κ2) is 5.43. The molecule has 3 rings (SSSR count). The SMILES string of the molecule is CCc1ccc(C(N)c2cncc3ccccc23)cc1. The van der Waals surface area contributed by atoms with Crippen LogP contribution in [0, 0.1) is 0 Å². The van der Waals surface area contributed by atoms with Crippen molar-refractivity contribution in [1.29, 1.82) is 0 Å². The average Bonchev–Trinajstić information content (AvgIpc) is 2.54. The molecule has 0 aliphatic heterocycles. The fraction of sp³-hybridized carbons (Fsp3) is 0.167.